The molecule has 6 nitrogen and oxygen atoms in total. The molecule has 0 aromatic carbocycles. The number of amides is 1. The van der Waals surface area contributed by atoms with Gasteiger partial charge in [0.25, 0.3) is 0 Å². The molecule has 1 unspecified atom stereocenters. The second kappa shape index (κ2) is 6.79. The van der Waals surface area contributed by atoms with Crippen LogP contribution in [0.5, 0.6) is 0 Å². The molecular weight excluding hydrogens is 302 g/mol. The van der Waals surface area contributed by atoms with Crippen LogP contribution in [-0.4, -0.2) is 43.6 Å². The second-order valence-corrected chi connectivity index (χ2v) is 7.17. The minimum Gasteiger partial charge on any atom is -0.342 e. The monoisotopic (exact) mass is 329 g/mol. The lowest BCUT2D eigenvalue weighted by molar-refractivity contribution is -0.128. The number of nitrogens with zero attached hydrogens (tertiary/aromatic N) is 4. The molecule has 1 atom stereocenters. The highest BCUT2D eigenvalue weighted by molar-refractivity contribution is 5.79. The molecule has 130 valence electrons. The lowest BCUT2D eigenvalue weighted by Gasteiger charge is -2.18. The van der Waals surface area contributed by atoms with Gasteiger partial charge in [-0.15, -0.1) is 0 Å². The average Bonchev–Trinajstić information content (AvgIpc) is 3.19. The van der Waals surface area contributed by atoms with Gasteiger partial charge in [0, 0.05) is 43.7 Å². The van der Waals surface area contributed by atoms with Crippen molar-refractivity contribution in [2.75, 3.05) is 13.1 Å². The summed E-state index contributed by atoms with van der Waals surface area (Å²) in [5.74, 6) is 1.80. The predicted octanol–water partition coefficient (Wildman–Crippen LogP) is 2.96. The molecule has 0 bridgehead atoms. The van der Waals surface area contributed by atoms with Crippen molar-refractivity contribution >= 4 is 5.91 Å². The molecule has 1 fully saturated rings. The Balaban J connectivity index is 1.75. The van der Waals surface area contributed by atoms with Crippen LogP contribution in [-0.2, 0) is 11.3 Å². The number of rotatable bonds is 6. The van der Waals surface area contributed by atoms with Crippen LogP contribution in [0, 0.1) is 12.8 Å². The van der Waals surface area contributed by atoms with E-state index in [-0.39, 0.29) is 11.8 Å². The number of carbonyl (C=O) groups is 1. The van der Waals surface area contributed by atoms with Crippen molar-refractivity contribution < 1.29 is 4.79 Å². The fourth-order valence-electron chi connectivity index (χ4n) is 3.38. The lowest BCUT2D eigenvalue weighted by atomic mass is 10.1. The van der Waals surface area contributed by atoms with Gasteiger partial charge in [0.2, 0.25) is 5.91 Å². The standard InChI is InChI=1S/C18H27N5O/c1-5-6-23-11-15(13(4)21-23)16-8-19-18(20-16)14-7-17(24)22(10-14)9-12(2)3/h8,11-12,14H,5-7,9-10H2,1-4H3,(H,19,20). The van der Waals surface area contributed by atoms with Crippen molar-refractivity contribution in [2.24, 2.45) is 5.92 Å². The SMILES string of the molecule is CCCn1cc(-c2cnc(C3CC(=O)N(CC(C)C)C3)[nH]2)c(C)n1. The third-order valence-electron chi connectivity index (χ3n) is 4.47. The van der Waals surface area contributed by atoms with E-state index in [4.69, 9.17) is 0 Å². The number of aryl methyl sites for hydroxylation is 2. The van der Waals surface area contributed by atoms with Crippen LogP contribution >= 0.6 is 0 Å². The van der Waals surface area contributed by atoms with Crippen LogP contribution in [0.15, 0.2) is 12.4 Å². The van der Waals surface area contributed by atoms with Crippen LogP contribution in [0.3, 0.4) is 0 Å². The number of carbonyl (C=O) groups excluding carboxylic acids is 1. The van der Waals surface area contributed by atoms with E-state index < -0.39 is 0 Å². The number of hydrogen-bond donors (Lipinski definition) is 1. The molecule has 2 aromatic heterocycles. The van der Waals surface area contributed by atoms with E-state index >= 15 is 0 Å². The van der Waals surface area contributed by atoms with Gasteiger partial charge in [-0.2, -0.15) is 5.10 Å². The topological polar surface area (TPSA) is 66.8 Å². The summed E-state index contributed by atoms with van der Waals surface area (Å²) in [5, 5.41) is 4.55. The molecule has 3 heterocycles. The summed E-state index contributed by atoms with van der Waals surface area (Å²) in [6.45, 7) is 11.0. The summed E-state index contributed by atoms with van der Waals surface area (Å²) in [4.78, 5) is 22.1. The highest BCUT2D eigenvalue weighted by atomic mass is 16.2. The molecule has 1 amide bonds. The molecule has 0 aliphatic carbocycles. The Morgan fingerprint density at radius 2 is 2.21 bits per heavy atom. The fraction of sp³-hybridized carbons (Fsp3) is 0.611. The highest BCUT2D eigenvalue weighted by Gasteiger charge is 2.32. The molecule has 6 heteroatoms. The van der Waals surface area contributed by atoms with Gasteiger partial charge < -0.3 is 9.88 Å². The maximum absolute atomic E-state index is 12.2. The van der Waals surface area contributed by atoms with E-state index in [0.717, 1.165) is 48.8 Å². The first-order chi connectivity index (χ1) is 11.5. The Labute approximate surface area is 143 Å². The first-order valence-electron chi connectivity index (χ1n) is 8.85. The molecule has 1 saturated heterocycles. The number of likely N-dealkylation sites (tertiary alicyclic amines) is 1. The van der Waals surface area contributed by atoms with Crippen LogP contribution in [0.1, 0.15) is 51.0 Å². The molecule has 2 aromatic rings. The number of H-pyrrole nitrogens is 1. The van der Waals surface area contributed by atoms with E-state index in [1.807, 2.05) is 22.7 Å². The van der Waals surface area contributed by atoms with Crippen LogP contribution in [0.4, 0.5) is 0 Å². The maximum Gasteiger partial charge on any atom is 0.223 e. The van der Waals surface area contributed by atoms with E-state index in [1.165, 1.54) is 0 Å². The molecule has 1 N–H and O–H groups in total. The first kappa shape index (κ1) is 16.7. The van der Waals surface area contributed by atoms with Gasteiger partial charge in [-0.05, 0) is 19.3 Å². The summed E-state index contributed by atoms with van der Waals surface area (Å²) in [6, 6.07) is 0. The number of nitrogens with one attached hydrogen (secondary N) is 1. The normalized spacial score (nSPS) is 18.1. The molecule has 1 aliphatic heterocycles. The van der Waals surface area contributed by atoms with Gasteiger partial charge >= 0.3 is 0 Å². The third-order valence-corrected chi connectivity index (χ3v) is 4.47. The molecule has 3 rings (SSSR count). The van der Waals surface area contributed by atoms with Gasteiger partial charge in [0.05, 0.1) is 17.6 Å². The summed E-state index contributed by atoms with van der Waals surface area (Å²) in [5.41, 5.74) is 3.08. The molecule has 0 radical (unpaired) electrons. The van der Waals surface area contributed by atoms with Crippen molar-refractivity contribution in [3.8, 4) is 11.3 Å². The zero-order valence-corrected chi connectivity index (χ0v) is 15.0. The molecular formula is C18H27N5O. The van der Waals surface area contributed by atoms with Gasteiger partial charge in [0.1, 0.15) is 5.82 Å². The third kappa shape index (κ3) is 3.37. The minimum absolute atomic E-state index is 0.163. The molecule has 1 aliphatic rings. The summed E-state index contributed by atoms with van der Waals surface area (Å²) < 4.78 is 1.98. The summed E-state index contributed by atoms with van der Waals surface area (Å²) >= 11 is 0. The van der Waals surface area contributed by atoms with Gasteiger partial charge in [-0.25, -0.2) is 4.98 Å². The zero-order valence-electron chi connectivity index (χ0n) is 15.0. The predicted molar refractivity (Wildman–Crippen MR) is 93.6 cm³/mol. The van der Waals surface area contributed by atoms with Gasteiger partial charge in [-0.3, -0.25) is 9.48 Å². The average molecular weight is 329 g/mol. The van der Waals surface area contributed by atoms with Gasteiger partial charge in [0.15, 0.2) is 0 Å². The zero-order chi connectivity index (χ0) is 17.3. The highest BCUT2D eigenvalue weighted by Crippen LogP contribution is 2.29. The summed E-state index contributed by atoms with van der Waals surface area (Å²) in [6.07, 6.45) is 5.55. The molecule has 24 heavy (non-hydrogen) atoms. The van der Waals surface area contributed by atoms with E-state index in [0.29, 0.717) is 12.3 Å². The molecule has 0 spiro atoms. The fourth-order valence-corrected chi connectivity index (χ4v) is 3.38. The number of imidazole rings is 1. The molecule has 0 saturated carbocycles. The smallest absolute Gasteiger partial charge is 0.223 e. The number of aromatic amines is 1. The van der Waals surface area contributed by atoms with Crippen molar-refractivity contribution in [3.63, 3.8) is 0 Å². The van der Waals surface area contributed by atoms with Crippen molar-refractivity contribution in [1.29, 1.82) is 0 Å². The largest absolute Gasteiger partial charge is 0.342 e. The van der Waals surface area contributed by atoms with Crippen LogP contribution < -0.4 is 0 Å². The maximum atomic E-state index is 12.2. The van der Waals surface area contributed by atoms with Crippen molar-refractivity contribution in [1.82, 2.24) is 24.6 Å². The Kier molecular flexibility index (Phi) is 4.73. The second-order valence-electron chi connectivity index (χ2n) is 7.17. The lowest BCUT2D eigenvalue weighted by Crippen LogP contribution is -2.29. The number of hydrogen-bond acceptors (Lipinski definition) is 3. The Morgan fingerprint density at radius 3 is 2.92 bits per heavy atom. The Bertz CT molecular complexity index is 715. The van der Waals surface area contributed by atoms with Gasteiger partial charge in [-0.1, -0.05) is 20.8 Å². The minimum atomic E-state index is 0.163. The van der Waals surface area contributed by atoms with Crippen molar-refractivity contribution in [2.45, 2.75) is 53.0 Å². The quantitative estimate of drug-likeness (QED) is 0.886. The Morgan fingerprint density at radius 1 is 1.42 bits per heavy atom. The Hall–Kier alpha value is -2.11. The first-order valence-corrected chi connectivity index (χ1v) is 8.85. The van der Waals surface area contributed by atoms with Crippen LogP contribution in [0.25, 0.3) is 11.3 Å². The van der Waals surface area contributed by atoms with E-state index in [9.17, 15) is 4.79 Å². The van der Waals surface area contributed by atoms with E-state index in [1.54, 1.807) is 0 Å². The summed E-state index contributed by atoms with van der Waals surface area (Å²) in [7, 11) is 0. The van der Waals surface area contributed by atoms with Crippen LogP contribution in [0.2, 0.25) is 0 Å². The number of aromatic nitrogens is 4. The van der Waals surface area contributed by atoms with E-state index in [2.05, 4.69) is 42.0 Å². The van der Waals surface area contributed by atoms with Crippen molar-refractivity contribution in [3.05, 3.63) is 23.9 Å².